The lowest BCUT2D eigenvalue weighted by Gasteiger charge is -2.18. The zero-order valence-electron chi connectivity index (χ0n) is 10.4. The van der Waals surface area contributed by atoms with Crippen molar-refractivity contribution in [2.45, 2.75) is 19.0 Å². The van der Waals surface area contributed by atoms with E-state index in [2.05, 4.69) is 5.32 Å². The van der Waals surface area contributed by atoms with Crippen LogP contribution >= 0.6 is 0 Å². The highest BCUT2D eigenvalue weighted by molar-refractivity contribution is 6.06. The maximum Gasteiger partial charge on any atom is 0.269 e. The van der Waals surface area contributed by atoms with Crippen LogP contribution in [0.15, 0.2) is 24.3 Å². The van der Waals surface area contributed by atoms with Gasteiger partial charge in [0.1, 0.15) is 0 Å². The second-order valence-electron chi connectivity index (χ2n) is 4.42. The van der Waals surface area contributed by atoms with Gasteiger partial charge in [0, 0.05) is 32.5 Å². The Labute approximate surface area is 105 Å². The number of benzene rings is 1. The molecule has 1 heterocycles. The molecule has 0 saturated heterocycles. The summed E-state index contributed by atoms with van der Waals surface area (Å²) in [6.07, 6.45) is -0.0488. The summed E-state index contributed by atoms with van der Waals surface area (Å²) in [7, 11) is 1.56. The number of para-hydroxylation sites is 1. The molecule has 2 amide bonds. The van der Waals surface area contributed by atoms with Gasteiger partial charge in [0.05, 0.1) is 5.69 Å². The lowest BCUT2D eigenvalue weighted by atomic mass is 9.94. The number of anilines is 1. The van der Waals surface area contributed by atoms with Gasteiger partial charge in [0.2, 0.25) is 11.6 Å². The molecule has 0 radical (unpaired) electrons. The highest BCUT2D eigenvalue weighted by Crippen LogP contribution is 2.44. The normalized spacial score (nSPS) is 21.9. The molecule has 1 unspecified atom stereocenters. The topological polar surface area (TPSA) is 49.4 Å². The van der Waals surface area contributed by atoms with Gasteiger partial charge in [-0.25, -0.2) is 4.39 Å². The first-order valence-electron chi connectivity index (χ1n) is 5.78. The van der Waals surface area contributed by atoms with Gasteiger partial charge < -0.3 is 10.2 Å². The molecule has 0 spiro atoms. The zero-order valence-corrected chi connectivity index (χ0v) is 10.4. The minimum absolute atomic E-state index is 0.0488. The first kappa shape index (κ1) is 12.5. The fraction of sp³-hybridized carbons (Fsp3) is 0.385. The summed E-state index contributed by atoms with van der Waals surface area (Å²) >= 11 is 0. The average molecular weight is 250 g/mol. The molecular formula is C13H15FN2O2. The Bertz CT molecular complexity index is 504. The molecule has 1 aliphatic heterocycles. The van der Waals surface area contributed by atoms with Crippen LogP contribution in [0.25, 0.3) is 0 Å². The lowest BCUT2D eigenvalue weighted by Crippen LogP contribution is -2.38. The van der Waals surface area contributed by atoms with E-state index in [1.807, 2.05) is 0 Å². The zero-order chi connectivity index (χ0) is 13.3. The van der Waals surface area contributed by atoms with E-state index in [0.29, 0.717) is 11.3 Å². The molecule has 0 bridgehead atoms. The third kappa shape index (κ3) is 1.85. The van der Waals surface area contributed by atoms with Crippen molar-refractivity contribution in [3.63, 3.8) is 0 Å². The van der Waals surface area contributed by atoms with Crippen LogP contribution in [-0.2, 0) is 15.3 Å². The van der Waals surface area contributed by atoms with E-state index in [1.54, 1.807) is 31.3 Å². The van der Waals surface area contributed by atoms with E-state index in [0.717, 1.165) is 0 Å². The van der Waals surface area contributed by atoms with Gasteiger partial charge in [-0.15, -0.1) is 0 Å². The Morgan fingerprint density at radius 2 is 2.11 bits per heavy atom. The van der Waals surface area contributed by atoms with E-state index in [-0.39, 0.29) is 18.9 Å². The predicted octanol–water partition coefficient (Wildman–Crippen LogP) is 1.35. The van der Waals surface area contributed by atoms with Crippen molar-refractivity contribution in [3.05, 3.63) is 29.8 Å². The summed E-state index contributed by atoms with van der Waals surface area (Å²) in [6.45, 7) is 1.50. The van der Waals surface area contributed by atoms with Crippen molar-refractivity contribution in [1.82, 2.24) is 5.32 Å². The number of rotatable bonds is 3. The van der Waals surface area contributed by atoms with Gasteiger partial charge in [-0.3, -0.25) is 9.59 Å². The highest BCUT2D eigenvalue weighted by Gasteiger charge is 2.49. The molecule has 1 aliphatic rings. The van der Waals surface area contributed by atoms with Gasteiger partial charge in [-0.2, -0.15) is 0 Å². The summed E-state index contributed by atoms with van der Waals surface area (Å²) < 4.78 is 14.9. The van der Waals surface area contributed by atoms with E-state index >= 15 is 0 Å². The molecule has 2 rings (SSSR count). The van der Waals surface area contributed by atoms with Crippen molar-refractivity contribution in [2.24, 2.45) is 0 Å². The van der Waals surface area contributed by atoms with Crippen molar-refractivity contribution < 1.29 is 14.0 Å². The predicted molar refractivity (Wildman–Crippen MR) is 65.9 cm³/mol. The fourth-order valence-corrected chi connectivity index (χ4v) is 2.24. The van der Waals surface area contributed by atoms with Crippen molar-refractivity contribution in [1.29, 1.82) is 0 Å². The number of likely N-dealkylation sites (N-methyl/N-ethyl adjacent to an activating group) is 1. The number of hydrogen-bond donors (Lipinski definition) is 1. The molecule has 1 aromatic rings. The number of hydrogen-bond acceptors (Lipinski definition) is 2. The number of fused-ring (bicyclic) bond motifs is 1. The first-order valence-corrected chi connectivity index (χ1v) is 5.78. The standard InChI is InChI=1S/C13H15FN2O2/c1-9(17)15-8-7-13(14)10-5-3-4-6-11(10)16(2)12(13)18/h3-6H,7-8H2,1-2H3,(H,15,17). The van der Waals surface area contributed by atoms with Crippen molar-refractivity contribution >= 4 is 17.5 Å². The highest BCUT2D eigenvalue weighted by atomic mass is 19.1. The molecule has 1 N–H and O–H groups in total. The third-order valence-corrected chi connectivity index (χ3v) is 3.18. The number of halogens is 1. The van der Waals surface area contributed by atoms with Crippen molar-refractivity contribution in [2.75, 3.05) is 18.5 Å². The minimum Gasteiger partial charge on any atom is -0.356 e. The summed E-state index contributed by atoms with van der Waals surface area (Å²) in [5.41, 5.74) is -1.07. The molecule has 4 nitrogen and oxygen atoms in total. The van der Waals surface area contributed by atoms with E-state index < -0.39 is 11.6 Å². The molecule has 0 fully saturated rings. The van der Waals surface area contributed by atoms with Crippen LogP contribution in [0.4, 0.5) is 10.1 Å². The second kappa shape index (κ2) is 4.40. The summed E-state index contributed by atoms with van der Waals surface area (Å²) in [6, 6.07) is 6.80. The molecule has 0 aromatic heterocycles. The molecule has 18 heavy (non-hydrogen) atoms. The number of carbonyl (C=O) groups is 2. The van der Waals surface area contributed by atoms with Crippen LogP contribution in [0, 0.1) is 0 Å². The number of nitrogens with one attached hydrogen (secondary N) is 1. The van der Waals surface area contributed by atoms with Crippen LogP contribution in [-0.4, -0.2) is 25.4 Å². The molecule has 5 heteroatoms. The maximum absolute atomic E-state index is 14.9. The Morgan fingerprint density at radius 3 is 2.78 bits per heavy atom. The Morgan fingerprint density at radius 1 is 1.44 bits per heavy atom. The molecule has 0 saturated carbocycles. The van der Waals surface area contributed by atoms with Gasteiger partial charge in [-0.05, 0) is 6.07 Å². The molecule has 96 valence electrons. The van der Waals surface area contributed by atoms with Gasteiger partial charge in [0.25, 0.3) is 5.91 Å². The smallest absolute Gasteiger partial charge is 0.269 e. The molecule has 0 aliphatic carbocycles. The van der Waals surface area contributed by atoms with Crippen LogP contribution in [0.1, 0.15) is 18.9 Å². The lowest BCUT2D eigenvalue weighted by molar-refractivity contribution is -0.130. The summed E-state index contributed by atoms with van der Waals surface area (Å²) in [5, 5.41) is 2.51. The number of alkyl halides is 1. The number of amides is 2. The fourth-order valence-electron chi connectivity index (χ4n) is 2.24. The molecule has 1 atom stereocenters. The third-order valence-electron chi connectivity index (χ3n) is 3.18. The monoisotopic (exact) mass is 250 g/mol. The first-order chi connectivity index (χ1) is 8.47. The summed E-state index contributed by atoms with van der Waals surface area (Å²) in [4.78, 5) is 24.1. The second-order valence-corrected chi connectivity index (χ2v) is 4.42. The van der Waals surface area contributed by atoms with Gasteiger partial charge >= 0.3 is 0 Å². The van der Waals surface area contributed by atoms with Crippen LogP contribution < -0.4 is 10.2 Å². The maximum atomic E-state index is 14.9. The van der Waals surface area contributed by atoms with Crippen LogP contribution in [0.5, 0.6) is 0 Å². The SMILES string of the molecule is CC(=O)NCCC1(F)C(=O)N(C)c2ccccc21. The molecular weight excluding hydrogens is 235 g/mol. The Hall–Kier alpha value is -1.91. The van der Waals surface area contributed by atoms with Gasteiger partial charge in [0.15, 0.2) is 0 Å². The van der Waals surface area contributed by atoms with Crippen LogP contribution in [0.2, 0.25) is 0 Å². The largest absolute Gasteiger partial charge is 0.356 e. The summed E-state index contributed by atoms with van der Waals surface area (Å²) in [5.74, 6) is -0.806. The van der Waals surface area contributed by atoms with Gasteiger partial charge in [-0.1, -0.05) is 18.2 Å². The number of carbonyl (C=O) groups excluding carboxylic acids is 2. The van der Waals surface area contributed by atoms with E-state index in [4.69, 9.17) is 0 Å². The minimum atomic E-state index is -2.03. The van der Waals surface area contributed by atoms with Crippen molar-refractivity contribution in [3.8, 4) is 0 Å². The Balaban J connectivity index is 2.26. The quantitative estimate of drug-likeness (QED) is 0.880. The van der Waals surface area contributed by atoms with Crippen LogP contribution in [0.3, 0.4) is 0 Å². The Kier molecular flexibility index (Phi) is 3.07. The van der Waals surface area contributed by atoms with E-state index in [1.165, 1.54) is 11.8 Å². The van der Waals surface area contributed by atoms with E-state index in [9.17, 15) is 14.0 Å². The average Bonchev–Trinajstić information content (AvgIpc) is 2.53. The number of nitrogens with zero attached hydrogens (tertiary/aromatic N) is 1. The molecule has 1 aromatic carbocycles.